The summed E-state index contributed by atoms with van der Waals surface area (Å²) in [5, 5.41) is 5.94. The van der Waals surface area contributed by atoms with Crippen molar-refractivity contribution in [2.45, 2.75) is 39.5 Å². The topological polar surface area (TPSA) is 66.9 Å². The first-order valence-corrected chi connectivity index (χ1v) is 6.63. The van der Waals surface area contributed by atoms with E-state index in [9.17, 15) is 4.79 Å². The molecule has 18 heavy (non-hydrogen) atoms. The molecule has 0 unspecified atom stereocenters. The fourth-order valence-electron chi connectivity index (χ4n) is 1.42. The van der Waals surface area contributed by atoms with Crippen molar-refractivity contribution < 1.29 is 4.79 Å². The molecular weight excluding hydrogens is 228 g/mol. The van der Waals surface area contributed by atoms with Gasteiger partial charge in [0.25, 0.3) is 5.91 Å². The zero-order valence-electron chi connectivity index (χ0n) is 11.2. The van der Waals surface area contributed by atoms with E-state index in [2.05, 4.69) is 34.4 Å². The fraction of sp³-hybridized carbons (Fsp3) is 0.615. The Labute approximate surface area is 108 Å². The molecule has 5 nitrogen and oxygen atoms in total. The SMILES string of the molecule is CCCCNC(=O)c1ccnc(NCCCC)n1. The van der Waals surface area contributed by atoms with Crippen molar-refractivity contribution in [3.8, 4) is 0 Å². The van der Waals surface area contributed by atoms with Crippen LogP contribution < -0.4 is 10.6 Å². The number of aromatic nitrogens is 2. The van der Waals surface area contributed by atoms with Gasteiger partial charge in [0.1, 0.15) is 5.69 Å². The maximum Gasteiger partial charge on any atom is 0.270 e. The molecule has 1 amide bonds. The minimum absolute atomic E-state index is 0.135. The first-order valence-electron chi connectivity index (χ1n) is 6.63. The minimum Gasteiger partial charge on any atom is -0.354 e. The van der Waals surface area contributed by atoms with Gasteiger partial charge in [-0.1, -0.05) is 26.7 Å². The second-order valence-electron chi connectivity index (χ2n) is 4.16. The summed E-state index contributed by atoms with van der Waals surface area (Å²) in [6, 6.07) is 1.63. The molecule has 100 valence electrons. The lowest BCUT2D eigenvalue weighted by Gasteiger charge is -2.06. The number of amides is 1. The van der Waals surface area contributed by atoms with Crippen LogP contribution in [-0.4, -0.2) is 29.0 Å². The molecule has 2 N–H and O–H groups in total. The molecule has 0 bridgehead atoms. The molecule has 5 heteroatoms. The Hall–Kier alpha value is -1.65. The molecule has 1 aromatic heterocycles. The number of carbonyl (C=O) groups excluding carboxylic acids is 1. The summed E-state index contributed by atoms with van der Waals surface area (Å²) in [4.78, 5) is 20.0. The first-order chi connectivity index (χ1) is 8.77. The Morgan fingerprint density at radius 3 is 2.67 bits per heavy atom. The minimum atomic E-state index is -0.135. The van der Waals surface area contributed by atoms with Crippen LogP contribution in [0.2, 0.25) is 0 Å². The lowest BCUT2D eigenvalue weighted by Crippen LogP contribution is -2.25. The van der Waals surface area contributed by atoms with Crippen LogP contribution >= 0.6 is 0 Å². The van der Waals surface area contributed by atoms with Gasteiger partial charge in [0.05, 0.1) is 0 Å². The first kappa shape index (κ1) is 14.4. The molecule has 0 radical (unpaired) electrons. The summed E-state index contributed by atoms with van der Waals surface area (Å²) >= 11 is 0. The predicted octanol–water partition coefficient (Wildman–Crippen LogP) is 2.22. The van der Waals surface area contributed by atoms with Gasteiger partial charge in [-0.3, -0.25) is 4.79 Å². The van der Waals surface area contributed by atoms with E-state index < -0.39 is 0 Å². The molecule has 0 aliphatic rings. The fourth-order valence-corrected chi connectivity index (χ4v) is 1.42. The van der Waals surface area contributed by atoms with Crippen molar-refractivity contribution in [2.75, 3.05) is 18.4 Å². The second kappa shape index (κ2) is 8.44. The molecule has 0 aliphatic heterocycles. The van der Waals surface area contributed by atoms with E-state index in [0.717, 1.165) is 32.2 Å². The number of nitrogens with zero attached hydrogens (tertiary/aromatic N) is 2. The number of rotatable bonds is 8. The van der Waals surface area contributed by atoms with Crippen LogP contribution in [0.1, 0.15) is 50.0 Å². The maximum atomic E-state index is 11.8. The smallest absolute Gasteiger partial charge is 0.270 e. The van der Waals surface area contributed by atoms with Crippen molar-refractivity contribution in [3.05, 3.63) is 18.0 Å². The van der Waals surface area contributed by atoms with Crippen LogP contribution in [0.5, 0.6) is 0 Å². The summed E-state index contributed by atoms with van der Waals surface area (Å²) in [5.74, 6) is 0.385. The van der Waals surface area contributed by atoms with Crippen LogP contribution in [0.15, 0.2) is 12.3 Å². The van der Waals surface area contributed by atoms with Gasteiger partial charge in [0, 0.05) is 19.3 Å². The highest BCUT2D eigenvalue weighted by Gasteiger charge is 2.07. The van der Waals surface area contributed by atoms with Crippen LogP contribution in [-0.2, 0) is 0 Å². The number of unbranched alkanes of at least 4 members (excludes halogenated alkanes) is 2. The van der Waals surface area contributed by atoms with E-state index in [4.69, 9.17) is 0 Å². The van der Waals surface area contributed by atoms with Crippen molar-refractivity contribution in [3.63, 3.8) is 0 Å². The van der Waals surface area contributed by atoms with E-state index in [1.165, 1.54) is 0 Å². The summed E-state index contributed by atoms with van der Waals surface area (Å²) in [6.07, 6.45) is 5.84. The summed E-state index contributed by atoms with van der Waals surface area (Å²) in [6.45, 7) is 5.74. The summed E-state index contributed by atoms with van der Waals surface area (Å²) in [5.41, 5.74) is 0.417. The maximum absolute atomic E-state index is 11.8. The van der Waals surface area contributed by atoms with Crippen LogP contribution in [0.3, 0.4) is 0 Å². The third-order valence-electron chi connectivity index (χ3n) is 2.52. The average Bonchev–Trinajstić information content (AvgIpc) is 2.39. The Kier molecular flexibility index (Phi) is 6.76. The van der Waals surface area contributed by atoms with Gasteiger partial charge in [-0.15, -0.1) is 0 Å². The monoisotopic (exact) mass is 250 g/mol. The molecule has 1 rings (SSSR count). The van der Waals surface area contributed by atoms with Crippen LogP contribution in [0, 0.1) is 0 Å². The zero-order chi connectivity index (χ0) is 13.2. The van der Waals surface area contributed by atoms with E-state index in [1.54, 1.807) is 12.3 Å². The zero-order valence-corrected chi connectivity index (χ0v) is 11.2. The van der Waals surface area contributed by atoms with Gasteiger partial charge in [-0.25, -0.2) is 9.97 Å². The van der Waals surface area contributed by atoms with Gasteiger partial charge < -0.3 is 10.6 Å². The lowest BCUT2D eigenvalue weighted by molar-refractivity contribution is 0.0948. The molecule has 0 saturated carbocycles. The Balaban J connectivity index is 2.49. The van der Waals surface area contributed by atoms with Gasteiger partial charge in [-0.05, 0) is 18.9 Å². The predicted molar refractivity (Wildman–Crippen MR) is 72.7 cm³/mol. The van der Waals surface area contributed by atoms with Crippen molar-refractivity contribution in [2.24, 2.45) is 0 Å². The Bertz CT molecular complexity index is 368. The largest absolute Gasteiger partial charge is 0.354 e. The molecule has 0 atom stereocenters. The van der Waals surface area contributed by atoms with E-state index in [-0.39, 0.29) is 5.91 Å². The third kappa shape index (κ3) is 5.12. The molecule has 1 aromatic rings. The highest BCUT2D eigenvalue weighted by molar-refractivity contribution is 5.92. The number of hydrogen-bond donors (Lipinski definition) is 2. The second-order valence-corrected chi connectivity index (χ2v) is 4.16. The highest BCUT2D eigenvalue weighted by Crippen LogP contribution is 2.01. The quantitative estimate of drug-likeness (QED) is 0.694. The highest BCUT2D eigenvalue weighted by atomic mass is 16.1. The molecular formula is C13H22N4O. The van der Waals surface area contributed by atoms with Gasteiger partial charge in [-0.2, -0.15) is 0 Å². The van der Waals surface area contributed by atoms with Crippen LogP contribution in [0.25, 0.3) is 0 Å². The number of anilines is 1. The van der Waals surface area contributed by atoms with E-state index in [1.807, 2.05) is 0 Å². The van der Waals surface area contributed by atoms with Gasteiger partial charge >= 0.3 is 0 Å². The molecule has 0 saturated heterocycles. The van der Waals surface area contributed by atoms with Crippen molar-refractivity contribution in [1.82, 2.24) is 15.3 Å². The number of carbonyl (C=O) groups is 1. The van der Waals surface area contributed by atoms with Crippen LogP contribution in [0.4, 0.5) is 5.95 Å². The standard InChI is InChI=1S/C13H22N4O/c1-3-5-8-14-12(18)11-7-10-16-13(17-11)15-9-6-4-2/h7,10H,3-6,8-9H2,1-2H3,(H,14,18)(H,15,16,17). The molecule has 1 heterocycles. The number of hydrogen-bond acceptors (Lipinski definition) is 4. The summed E-state index contributed by atoms with van der Waals surface area (Å²) in [7, 11) is 0. The lowest BCUT2D eigenvalue weighted by atomic mass is 10.3. The molecule has 0 fully saturated rings. The molecule has 0 spiro atoms. The van der Waals surface area contributed by atoms with Crippen molar-refractivity contribution >= 4 is 11.9 Å². The number of nitrogens with one attached hydrogen (secondary N) is 2. The van der Waals surface area contributed by atoms with E-state index in [0.29, 0.717) is 18.2 Å². The third-order valence-corrected chi connectivity index (χ3v) is 2.52. The van der Waals surface area contributed by atoms with Crippen molar-refractivity contribution in [1.29, 1.82) is 0 Å². The van der Waals surface area contributed by atoms with Gasteiger partial charge in [0.15, 0.2) is 0 Å². The normalized spacial score (nSPS) is 10.1. The average molecular weight is 250 g/mol. The Morgan fingerprint density at radius 2 is 1.94 bits per heavy atom. The molecule has 0 aliphatic carbocycles. The van der Waals surface area contributed by atoms with Gasteiger partial charge in [0.2, 0.25) is 5.95 Å². The Morgan fingerprint density at radius 1 is 1.22 bits per heavy atom. The molecule has 0 aromatic carbocycles. The summed E-state index contributed by atoms with van der Waals surface area (Å²) < 4.78 is 0. The van der Waals surface area contributed by atoms with E-state index >= 15 is 0 Å².